The van der Waals surface area contributed by atoms with E-state index in [2.05, 4.69) is 10.3 Å². The second-order valence-corrected chi connectivity index (χ2v) is 6.64. The number of ether oxygens (including phenoxy) is 2. The standard InChI is InChI=1S/C19H18N2O3S/c1-12-11-14(9-10-16(12)23-3)17-13(2)25-18(20-17)21-19(22)24-15-7-5-4-6-8-15/h4-11H,1-3H3,(H,20,21,22). The Morgan fingerprint density at radius 1 is 1.12 bits per heavy atom. The molecule has 0 aliphatic carbocycles. The first-order chi connectivity index (χ1) is 12.1. The molecule has 1 aromatic heterocycles. The van der Waals surface area contributed by atoms with E-state index in [1.807, 2.05) is 38.1 Å². The van der Waals surface area contributed by atoms with Crippen LogP contribution in [0.5, 0.6) is 11.5 Å². The van der Waals surface area contributed by atoms with Crippen molar-refractivity contribution in [2.45, 2.75) is 13.8 Å². The van der Waals surface area contributed by atoms with Gasteiger partial charge in [0.2, 0.25) is 0 Å². The fourth-order valence-electron chi connectivity index (χ4n) is 2.45. The molecule has 128 valence electrons. The maximum absolute atomic E-state index is 12.0. The van der Waals surface area contributed by atoms with Crippen LogP contribution in [0.1, 0.15) is 10.4 Å². The van der Waals surface area contributed by atoms with Gasteiger partial charge in [-0.3, -0.25) is 5.32 Å². The maximum Gasteiger partial charge on any atom is 0.418 e. The van der Waals surface area contributed by atoms with Crippen molar-refractivity contribution in [3.8, 4) is 22.8 Å². The van der Waals surface area contributed by atoms with Crippen molar-refractivity contribution in [1.29, 1.82) is 0 Å². The smallest absolute Gasteiger partial charge is 0.418 e. The predicted octanol–water partition coefficient (Wildman–Crippen LogP) is 5.05. The number of amides is 1. The van der Waals surface area contributed by atoms with Crippen molar-refractivity contribution in [3.63, 3.8) is 0 Å². The lowest BCUT2D eigenvalue weighted by Crippen LogP contribution is -2.16. The maximum atomic E-state index is 12.0. The molecule has 2 aromatic carbocycles. The van der Waals surface area contributed by atoms with Crippen molar-refractivity contribution < 1.29 is 14.3 Å². The third-order valence-electron chi connectivity index (χ3n) is 3.63. The van der Waals surface area contributed by atoms with Gasteiger partial charge in [0.05, 0.1) is 12.8 Å². The van der Waals surface area contributed by atoms with E-state index in [1.54, 1.807) is 31.4 Å². The molecule has 25 heavy (non-hydrogen) atoms. The highest BCUT2D eigenvalue weighted by atomic mass is 32.1. The lowest BCUT2D eigenvalue weighted by molar-refractivity contribution is 0.215. The number of hydrogen-bond acceptors (Lipinski definition) is 5. The number of benzene rings is 2. The Hall–Kier alpha value is -2.86. The van der Waals surface area contributed by atoms with Crippen LogP contribution >= 0.6 is 11.3 Å². The van der Waals surface area contributed by atoms with Crippen LogP contribution in [-0.2, 0) is 0 Å². The van der Waals surface area contributed by atoms with E-state index >= 15 is 0 Å². The summed E-state index contributed by atoms with van der Waals surface area (Å²) >= 11 is 1.41. The normalized spacial score (nSPS) is 10.4. The summed E-state index contributed by atoms with van der Waals surface area (Å²) < 4.78 is 10.5. The van der Waals surface area contributed by atoms with Crippen molar-refractivity contribution >= 4 is 22.6 Å². The zero-order chi connectivity index (χ0) is 17.8. The Bertz CT molecular complexity index is 891. The zero-order valence-corrected chi connectivity index (χ0v) is 15.0. The number of methoxy groups -OCH3 is 1. The minimum Gasteiger partial charge on any atom is -0.496 e. The molecule has 5 nitrogen and oxygen atoms in total. The first kappa shape index (κ1) is 17.0. The molecule has 0 atom stereocenters. The molecule has 0 radical (unpaired) electrons. The third-order valence-corrected chi connectivity index (χ3v) is 4.51. The molecule has 3 aromatic rings. The minimum atomic E-state index is -0.558. The quantitative estimate of drug-likeness (QED) is 0.712. The van der Waals surface area contributed by atoms with Crippen molar-refractivity contribution in [1.82, 2.24) is 4.98 Å². The number of para-hydroxylation sites is 1. The molecule has 0 spiro atoms. The third kappa shape index (κ3) is 3.97. The monoisotopic (exact) mass is 354 g/mol. The topological polar surface area (TPSA) is 60.5 Å². The fraction of sp³-hybridized carbons (Fsp3) is 0.158. The van der Waals surface area contributed by atoms with E-state index in [1.165, 1.54) is 11.3 Å². The predicted molar refractivity (Wildman–Crippen MR) is 99.7 cm³/mol. The Kier molecular flexibility index (Phi) is 5.00. The number of aromatic nitrogens is 1. The second kappa shape index (κ2) is 7.36. The molecular formula is C19H18N2O3S. The molecule has 3 rings (SSSR count). The van der Waals surface area contributed by atoms with Gasteiger partial charge in [-0.25, -0.2) is 9.78 Å². The van der Waals surface area contributed by atoms with Crippen LogP contribution < -0.4 is 14.8 Å². The van der Waals surface area contributed by atoms with Crippen LogP contribution in [0.3, 0.4) is 0 Å². The van der Waals surface area contributed by atoms with Crippen LogP contribution in [0.25, 0.3) is 11.3 Å². The van der Waals surface area contributed by atoms with Crippen LogP contribution in [-0.4, -0.2) is 18.2 Å². The van der Waals surface area contributed by atoms with Crippen molar-refractivity contribution in [3.05, 3.63) is 59.0 Å². The van der Waals surface area contributed by atoms with Gasteiger partial charge in [-0.2, -0.15) is 0 Å². The molecule has 0 fully saturated rings. The van der Waals surface area contributed by atoms with E-state index in [-0.39, 0.29) is 0 Å². The number of aryl methyl sites for hydroxylation is 2. The van der Waals surface area contributed by atoms with Gasteiger partial charge >= 0.3 is 6.09 Å². The summed E-state index contributed by atoms with van der Waals surface area (Å²) in [6, 6.07) is 14.8. The van der Waals surface area contributed by atoms with E-state index in [9.17, 15) is 4.79 Å². The number of hydrogen-bond donors (Lipinski definition) is 1. The lowest BCUT2D eigenvalue weighted by Gasteiger charge is -2.06. The van der Waals surface area contributed by atoms with Crippen LogP contribution in [0, 0.1) is 13.8 Å². The first-order valence-corrected chi connectivity index (χ1v) is 8.55. The summed E-state index contributed by atoms with van der Waals surface area (Å²) in [6.45, 7) is 3.96. The number of carbonyl (C=O) groups is 1. The summed E-state index contributed by atoms with van der Waals surface area (Å²) in [5.41, 5.74) is 2.85. The summed E-state index contributed by atoms with van der Waals surface area (Å²) in [4.78, 5) is 17.5. The van der Waals surface area contributed by atoms with Gasteiger partial charge in [0.25, 0.3) is 0 Å². The van der Waals surface area contributed by atoms with E-state index in [0.29, 0.717) is 10.9 Å². The van der Waals surface area contributed by atoms with E-state index in [0.717, 1.165) is 27.4 Å². The summed E-state index contributed by atoms with van der Waals surface area (Å²) in [5.74, 6) is 1.32. The summed E-state index contributed by atoms with van der Waals surface area (Å²) in [7, 11) is 1.65. The number of rotatable bonds is 4. The number of carbonyl (C=O) groups excluding carboxylic acids is 1. The van der Waals surface area contributed by atoms with Crippen molar-refractivity contribution in [2.24, 2.45) is 0 Å². The molecule has 0 unspecified atom stereocenters. The Morgan fingerprint density at radius 2 is 1.88 bits per heavy atom. The van der Waals surface area contributed by atoms with Gasteiger partial charge in [0, 0.05) is 10.4 Å². The number of anilines is 1. The van der Waals surface area contributed by atoms with Crippen LogP contribution in [0.4, 0.5) is 9.93 Å². The van der Waals surface area contributed by atoms with E-state index in [4.69, 9.17) is 9.47 Å². The molecule has 1 heterocycles. The van der Waals surface area contributed by atoms with Gasteiger partial charge in [-0.15, -0.1) is 11.3 Å². The van der Waals surface area contributed by atoms with E-state index < -0.39 is 6.09 Å². The Morgan fingerprint density at radius 3 is 2.56 bits per heavy atom. The molecule has 6 heteroatoms. The number of nitrogens with zero attached hydrogens (tertiary/aromatic N) is 1. The Balaban J connectivity index is 1.76. The molecular weight excluding hydrogens is 336 g/mol. The number of thiazole rings is 1. The fourth-order valence-corrected chi connectivity index (χ4v) is 3.27. The molecule has 0 bridgehead atoms. The molecule has 0 saturated heterocycles. The molecule has 1 N–H and O–H groups in total. The number of nitrogens with one attached hydrogen (secondary N) is 1. The minimum absolute atomic E-state index is 0.485. The van der Waals surface area contributed by atoms with Crippen LogP contribution in [0.2, 0.25) is 0 Å². The highest BCUT2D eigenvalue weighted by molar-refractivity contribution is 7.16. The van der Waals surface area contributed by atoms with Gasteiger partial charge in [0.1, 0.15) is 11.5 Å². The van der Waals surface area contributed by atoms with Gasteiger partial charge in [-0.1, -0.05) is 18.2 Å². The first-order valence-electron chi connectivity index (χ1n) is 7.73. The summed E-state index contributed by atoms with van der Waals surface area (Å²) in [5, 5.41) is 3.18. The van der Waals surface area contributed by atoms with Gasteiger partial charge in [0.15, 0.2) is 5.13 Å². The summed E-state index contributed by atoms with van der Waals surface area (Å²) in [6.07, 6.45) is -0.558. The average molecular weight is 354 g/mol. The Labute approximate surface area is 150 Å². The molecule has 0 aliphatic heterocycles. The largest absolute Gasteiger partial charge is 0.496 e. The zero-order valence-electron chi connectivity index (χ0n) is 14.2. The van der Waals surface area contributed by atoms with Crippen LogP contribution in [0.15, 0.2) is 48.5 Å². The van der Waals surface area contributed by atoms with Gasteiger partial charge < -0.3 is 9.47 Å². The molecule has 0 aliphatic rings. The lowest BCUT2D eigenvalue weighted by atomic mass is 10.1. The molecule has 1 amide bonds. The average Bonchev–Trinajstić information content (AvgIpc) is 2.95. The highest BCUT2D eigenvalue weighted by Crippen LogP contribution is 2.32. The SMILES string of the molecule is COc1ccc(-c2nc(NC(=O)Oc3ccccc3)sc2C)cc1C. The highest BCUT2D eigenvalue weighted by Gasteiger charge is 2.14. The second-order valence-electron chi connectivity index (χ2n) is 5.44. The van der Waals surface area contributed by atoms with Gasteiger partial charge in [-0.05, 0) is 49.7 Å². The van der Waals surface area contributed by atoms with Crippen molar-refractivity contribution in [2.75, 3.05) is 12.4 Å². The molecule has 0 saturated carbocycles.